The van der Waals surface area contributed by atoms with Crippen molar-refractivity contribution >= 4 is 23.5 Å². The van der Waals surface area contributed by atoms with Gasteiger partial charge in [0.05, 0.1) is 19.3 Å². The molecule has 2 aliphatic rings. The van der Waals surface area contributed by atoms with E-state index < -0.39 is 23.6 Å². The fraction of sp³-hybridized carbons (Fsp3) is 0.522. The molecule has 2 saturated heterocycles. The highest BCUT2D eigenvalue weighted by Gasteiger charge is 2.54. The SMILES string of the molecule is C=C1C(=O)[C@](C)(C(=O)OC)[C@@H](CCN2CCN(C(=O)Nc3ccccc3)CC2)O[C@H]1C. The lowest BCUT2D eigenvalue weighted by molar-refractivity contribution is -0.175. The van der Waals surface area contributed by atoms with Crippen molar-refractivity contribution in [2.45, 2.75) is 32.5 Å². The summed E-state index contributed by atoms with van der Waals surface area (Å²) in [6, 6.07) is 9.26. The Balaban J connectivity index is 1.54. The van der Waals surface area contributed by atoms with Gasteiger partial charge < -0.3 is 19.7 Å². The molecule has 0 spiro atoms. The average molecular weight is 430 g/mol. The number of nitrogens with zero attached hydrogens (tertiary/aromatic N) is 2. The van der Waals surface area contributed by atoms with Crippen molar-refractivity contribution in [1.82, 2.24) is 9.80 Å². The first kappa shape index (κ1) is 23.0. The number of anilines is 1. The molecule has 3 atom stereocenters. The molecule has 0 aromatic heterocycles. The molecular weight excluding hydrogens is 398 g/mol. The Morgan fingerprint density at radius 1 is 1.23 bits per heavy atom. The number of urea groups is 1. The number of piperazine rings is 1. The van der Waals surface area contributed by atoms with Gasteiger partial charge >= 0.3 is 12.0 Å². The van der Waals surface area contributed by atoms with E-state index in [1.165, 1.54) is 7.11 Å². The number of benzene rings is 1. The van der Waals surface area contributed by atoms with Gasteiger partial charge in [-0.2, -0.15) is 0 Å². The summed E-state index contributed by atoms with van der Waals surface area (Å²) in [7, 11) is 1.28. The summed E-state index contributed by atoms with van der Waals surface area (Å²) in [5.41, 5.74) is -0.329. The molecule has 1 aromatic carbocycles. The van der Waals surface area contributed by atoms with Gasteiger partial charge in [-0.05, 0) is 32.4 Å². The fourth-order valence-corrected chi connectivity index (χ4v) is 4.12. The van der Waals surface area contributed by atoms with E-state index in [1.807, 2.05) is 30.3 Å². The van der Waals surface area contributed by atoms with Gasteiger partial charge in [-0.1, -0.05) is 24.8 Å². The Morgan fingerprint density at radius 2 is 1.87 bits per heavy atom. The lowest BCUT2D eigenvalue weighted by Crippen LogP contribution is -2.56. The van der Waals surface area contributed by atoms with Gasteiger partial charge in [0.25, 0.3) is 0 Å². The molecule has 3 rings (SSSR count). The van der Waals surface area contributed by atoms with Crippen LogP contribution in [0.25, 0.3) is 0 Å². The second-order valence-electron chi connectivity index (χ2n) is 8.23. The zero-order chi connectivity index (χ0) is 22.6. The Kier molecular flexibility index (Phi) is 7.12. The molecule has 2 amide bonds. The maximum Gasteiger partial charge on any atom is 0.322 e. The number of Topliss-reactive ketones (excluding diaryl/α,β-unsaturated/α-hetero) is 1. The summed E-state index contributed by atoms with van der Waals surface area (Å²) < 4.78 is 10.9. The Bertz CT molecular complexity index is 835. The molecule has 0 bridgehead atoms. The van der Waals surface area contributed by atoms with E-state index in [2.05, 4.69) is 16.8 Å². The van der Waals surface area contributed by atoms with Crippen LogP contribution in [0.15, 0.2) is 42.5 Å². The summed E-state index contributed by atoms with van der Waals surface area (Å²) in [5, 5.41) is 2.91. The van der Waals surface area contributed by atoms with Crippen LogP contribution in [0.5, 0.6) is 0 Å². The van der Waals surface area contributed by atoms with Gasteiger partial charge in [0.2, 0.25) is 0 Å². The van der Waals surface area contributed by atoms with Crippen LogP contribution >= 0.6 is 0 Å². The summed E-state index contributed by atoms with van der Waals surface area (Å²) in [6.07, 6.45) is -0.522. The molecule has 2 fully saturated rings. The molecular formula is C23H31N3O5. The highest BCUT2D eigenvalue weighted by molar-refractivity contribution is 6.13. The highest BCUT2D eigenvalue weighted by Crippen LogP contribution is 2.38. The number of carbonyl (C=O) groups excluding carboxylic acids is 3. The molecule has 1 N–H and O–H groups in total. The van der Waals surface area contributed by atoms with Gasteiger partial charge in [0.1, 0.15) is 0 Å². The molecule has 2 aliphatic heterocycles. The summed E-state index contributed by atoms with van der Waals surface area (Å²) in [5.74, 6) is -0.913. The third kappa shape index (κ3) is 4.80. The van der Waals surface area contributed by atoms with Crippen LogP contribution in [-0.4, -0.2) is 79.6 Å². The zero-order valence-electron chi connectivity index (χ0n) is 18.4. The standard InChI is InChI=1S/C23H31N3O5/c1-16-17(2)31-19(23(3,20(16)27)21(28)30-4)10-11-25-12-14-26(15-13-25)22(29)24-18-8-6-5-7-9-18/h5-9,17,19H,1,10-15H2,2-4H3,(H,24,29)/t17-,19+,23+/m0/s1. The second-order valence-corrected chi connectivity index (χ2v) is 8.23. The van der Waals surface area contributed by atoms with Crippen LogP contribution in [0, 0.1) is 5.41 Å². The zero-order valence-corrected chi connectivity index (χ0v) is 18.4. The molecule has 0 saturated carbocycles. The van der Waals surface area contributed by atoms with E-state index >= 15 is 0 Å². The smallest absolute Gasteiger partial charge is 0.322 e. The number of ether oxygens (including phenoxy) is 2. The Morgan fingerprint density at radius 3 is 2.48 bits per heavy atom. The van der Waals surface area contributed by atoms with Gasteiger partial charge in [0, 0.05) is 44.0 Å². The maximum absolute atomic E-state index is 12.8. The maximum atomic E-state index is 12.8. The van der Waals surface area contributed by atoms with Crippen molar-refractivity contribution in [1.29, 1.82) is 0 Å². The number of amides is 2. The minimum Gasteiger partial charge on any atom is -0.468 e. The third-order valence-electron chi connectivity index (χ3n) is 6.27. The highest BCUT2D eigenvalue weighted by atomic mass is 16.5. The van der Waals surface area contributed by atoms with Crippen LogP contribution < -0.4 is 5.32 Å². The summed E-state index contributed by atoms with van der Waals surface area (Å²) in [6.45, 7) is 10.4. The van der Waals surface area contributed by atoms with Crippen LogP contribution in [-0.2, 0) is 19.1 Å². The number of carbonyl (C=O) groups is 3. The number of methoxy groups -OCH3 is 1. The molecule has 2 heterocycles. The molecule has 0 aliphatic carbocycles. The van der Waals surface area contributed by atoms with Gasteiger partial charge in [-0.3, -0.25) is 14.5 Å². The lowest BCUT2D eigenvalue weighted by atomic mass is 9.73. The van der Waals surface area contributed by atoms with Crippen molar-refractivity contribution in [3.05, 3.63) is 42.5 Å². The number of nitrogens with one attached hydrogen (secondary N) is 1. The first-order valence-corrected chi connectivity index (χ1v) is 10.6. The monoisotopic (exact) mass is 429 g/mol. The predicted molar refractivity (Wildman–Crippen MR) is 117 cm³/mol. The van der Waals surface area contributed by atoms with Gasteiger partial charge in [-0.25, -0.2) is 4.79 Å². The largest absolute Gasteiger partial charge is 0.468 e. The second kappa shape index (κ2) is 9.62. The summed E-state index contributed by atoms with van der Waals surface area (Å²) in [4.78, 5) is 41.7. The summed E-state index contributed by atoms with van der Waals surface area (Å²) >= 11 is 0. The quantitative estimate of drug-likeness (QED) is 0.439. The first-order valence-electron chi connectivity index (χ1n) is 10.6. The number of hydrogen-bond acceptors (Lipinski definition) is 6. The molecule has 0 radical (unpaired) electrons. The van der Waals surface area contributed by atoms with Crippen LogP contribution in [0.2, 0.25) is 0 Å². The number of hydrogen-bond donors (Lipinski definition) is 1. The lowest BCUT2D eigenvalue weighted by Gasteiger charge is -2.42. The molecule has 8 nitrogen and oxygen atoms in total. The normalized spacial score (nSPS) is 27.1. The van der Waals surface area contributed by atoms with E-state index in [0.29, 0.717) is 44.7 Å². The van der Waals surface area contributed by atoms with E-state index in [9.17, 15) is 14.4 Å². The minimum absolute atomic E-state index is 0.113. The molecule has 1 aromatic rings. The molecule has 31 heavy (non-hydrogen) atoms. The number of ketones is 1. The van der Waals surface area contributed by atoms with Crippen molar-refractivity contribution in [3.8, 4) is 0 Å². The molecule has 168 valence electrons. The van der Waals surface area contributed by atoms with Gasteiger partial charge in [-0.15, -0.1) is 0 Å². The number of rotatable bonds is 5. The van der Waals surface area contributed by atoms with Crippen molar-refractivity contribution in [3.63, 3.8) is 0 Å². The Labute approximate surface area is 183 Å². The van der Waals surface area contributed by atoms with Crippen LogP contribution in [0.3, 0.4) is 0 Å². The number of esters is 1. The van der Waals surface area contributed by atoms with Crippen molar-refractivity contribution in [2.24, 2.45) is 5.41 Å². The Hall–Kier alpha value is -2.71. The fourth-order valence-electron chi connectivity index (χ4n) is 4.12. The van der Waals surface area contributed by atoms with E-state index in [-0.39, 0.29) is 11.8 Å². The predicted octanol–water partition coefficient (Wildman–Crippen LogP) is 2.32. The molecule has 0 unspecified atom stereocenters. The van der Waals surface area contributed by atoms with Crippen LogP contribution in [0.4, 0.5) is 10.5 Å². The average Bonchev–Trinajstić information content (AvgIpc) is 2.79. The van der Waals surface area contributed by atoms with Crippen LogP contribution in [0.1, 0.15) is 20.3 Å². The van der Waals surface area contributed by atoms with E-state index in [4.69, 9.17) is 9.47 Å². The third-order valence-corrected chi connectivity index (χ3v) is 6.27. The minimum atomic E-state index is -1.39. The van der Waals surface area contributed by atoms with Crippen molar-refractivity contribution in [2.75, 3.05) is 45.2 Å². The molecule has 8 heteroatoms. The first-order chi connectivity index (χ1) is 14.8. The van der Waals surface area contributed by atoms with E-state index in [1.54, 1.807) is 18.7 Å². The van der Waals surface area contributed by atoms with Crippen molar-refractivity contribution < 1.29 is 23.9 Å². The van der Waals surface area contributed by atoms with Gasteiger partial charge in [0.15, 0.2) is 11.2 Å². The number of para-hydroxylation sites is 1. The van der Waals surface area contributed by atoms with E-state index in [0.717, 1.165) is 5.69 Å². The topological polar surface area (TPSA) is 88.2 Å².